The molecule has 4 rings (SSSR count). The van der Waals surface area contributed by atoms with Gasteiger partial charge in [0, 0.05) is 22.9 Å². The first-order valence-corrected chi connectivity index (χ1v) is 8.52. The molecular formula is C19H18FNS. The average Bonchev–Trinajstić information content (AvgIpc) is 2.54. The fourth-order valence-electron chi connectivity index (χ4n) is 3.33. The number of fused-ring (bicyclic) bond motifs is 2. The molecule has 3 heteroatoms. The molecule has 22 heavy (non-hydrogen) atoms. The van der Waals surface area contributed by atoms with E-state index in [-0.39, 0.29) is 5.82 Å². The van der Waals surface area contributed by atoms with Crippen molar-refractivity contribution in [1.82, 2.24) is 4.90 Å². The van der Waals surface area contributed by atoms with Gasteiger partial charge in [-0.25, -0.2) is 4.39 Å². The zero-order valence-corrected chi connectivity index (χ0v) is 13.4. The van der Waals surface area contributed by atoms with Gasteiger partial charge in [-0.15, -0.1) is 0 Å². The first-order valence-electron chi connectivity index (χ1n) is 7.70. The molecule has 0 N–H and O–H groups in total. The summed E-state index contributed by atoms with van der Waals surface area (Å²) in [6.07, 6.45) is 2.14. The van der Waals surface area contributed by atoms with Crippen LogP contribution in [0.25, 0.3) is 5.57 Å². The summed E-state index contributed by atoms with van der Waals surface area (Å²) >= 11 is 1.75. The molecule has 0 unspecified atom stereocenters. The van der Waals surface area contributed by atoms with Crippen LogP contribution in [0.1, 0.15) is 24.0 Å². The van der Waals surface area contributed by atoms with Gasteiger partial charge in [-0.05, 0) is 60.9 Å². The molecule has 0 aliphatic carbocycles. The number of rotatable bonds is 0. The van der Waals surface area contributed by atoms with E-state index in [1.807, 2.05) is 6.07 Å². The Hall–Kier alpha value is -1.58. The van der Waals surface area contributed by atoms with Crippen LogP contribution < -0.4 is 0 Å². The Balaban J connectivity index is 1.93. The van der Waals surface area contributed by atoms with E-state index in [1.54, 1.807) is 23.9 Å². The molecule has 0 saturated carbocycles. The van der Waals surface area contributed by atoms with Gasteiger partial charge in [0.05, 0.1) is 0 Å². The molecule has 2 aliphatic heterocycles. The van der Waals surface area contributed by atoms with E-state index >= 15 is 0 Å². The Morgan fingerprint density at radius 1 is 0.955 bits per heavy atom. The van der Waals surface area contributed by atoms with Gasteiger partial charge >= 0.3 is 0 Å². The standard InChI is InChI=1S/C19H18FNS/c1-21-10-8-13(9-11-21)19-15-4-2-3-5-17(15)22-18-7-6-14(20)12-16(18)19/h2-7,12H,8-11H2,1H3. The second-order valence-corrected chi connectivity index (χ2v) is 7.10. The molecule has 2 aromatic rings. The van der Waals surface area contributed by atoms with Crippen molar-refractivity contribution >= 4 is 17.3 Å². The van der Waals surface area contributed by atoms with Crippen LogP contribution in [0.3, 0.4) is 0 Å². The van der Waals surface area contributed by atoms with Gasteiger partial charge in [0.15, 0.2) is 0 Å². The van der Waals surface area contributed by atoms with Crippen LogP contribution in [0.5, 0.6) is 0 Å². The maximum Gasteiger partial charge on any atom is 0.123 e. The molecular weight excluding hydrogens is 293 g/mol. The normalized spacial score (nSPS) is 18.1. The zero-order valence-electron chi connectivity index (χ0n) is 12.6. The van der Waals surface area contributed by atoms with E-state index in [2.05, 4.69) is 36.2 Å². The molecule has 0 spiro atoms. The number of hydrogen-bond donors (Lipinski definition) is 0. The van der Waals surface area contributed by atoms with Crippen molar-refractivity contribution in [3.8, 4) is 0 Å². The lowest BCUT2D eigenvalue weighted by Gasteiger charge is -2.30. The predicted octanol–water partition coefficient (Wildman–Crippen LogP) is 4.82. The third-order valence-corrected chi connectivity index (χ3v) is 5.68. The van der Waals surface area contributed by atoms with Crippen LogP contribution in [0.2, 0.25) is 0 Å². The lowest BCUT2D eigenvalue weighted by Crippen LogP contribution is -2.27. The van der Waals surface area contributed by atoms with Gasteiger partial charge in [0.25, 0.3) is 0 Å². The SMILES string of the molecule is CN1CCC(=C2c3ccccc3Sc3ccc(F)cc32)CC1. The molecule has 2 heterocycles. The Kier molecular flexibility index (Phi) is 3.55. The minimum absolute atomic E-state index is 0.148. The summed E-state index contributed by atoms with van der Waals surface area (Å²) in [6.45, 7) is 2.16. The van der Waals surface area contributed by atoms with Gasteiger partial charge in [-0.1, -0.05) is 35.5 Å². The van der Waals surface area contributed by atoms with E-state index in [0.717, 1.165) is 31.5 Å². The third kappa shape index (κ3) is 2.38. The predicted molar refractivity (Wildman–Crippen MR) is 89.7 cm³/mol. The van der Waals surface area contributed by atoms with Gasteiger partial charge in [-0.3, -0.25) is 0 Å². The van der Waals surface area contributed by atoms with Crippen molar-refractivity contribution < 1.29 is 4.39 Å². The highest BCUT2D eigenvalue weighted by Crippen LogP contribution is 2.47. The van der Waals surface area contributed by atoms with Crippen molar-refractivity contribution in [1.29, 1.82) is 0 Å². The Labute approximate surface area is 134 Å². The summed E-state index contributed by atoms with van der Waals surface area (Å²) in [5, 5.41) is 0. The molecule has 2 aromatic carbocycles. The Morgan fingerprint density at radius 3 is 2.50 bits per heavy atom. The van der Waals surface area contributed by atoms with E-state index in [0.29, 0.717) is 0 Å². The molecule has 1 fully saturated rings. The summed E-state index contributed by atoms with van der Waals surface area (Å²) in [5.41, 5.74) is 5.09. The number of piperidine rings is 1. The van der Waals surface area contributed by atoms with Crippen LogP contribution in [0.15, 0.2) is 57.8 Å². The molecule has 1 nitrogen and oxygen atoms in total. The van der Waals surface area contributed by atoms with Crippen LogP contribution in [-0.4, -0.2) is 25.0 Å². The highest BCUT2D eigenvalue weighted by molar-refractivity contribution is 7.99. The van der Waals surface area contributed by atoms with Gasteiger partial charge in [-0.2, -0.15) is 0 Å². The second-order valence-electron chi connectivity index (χ2n) is 6.02. The lowest BCUT2D eigenvalue weighted by atomic mass is 9.88. The first-order chi connectivity index (χ1) is 10.7. The van der Waals surface area contributed by atoms with Crippen molar-refractivity contribution in [2.24, 2.45) is 0 Å². The maximum absolute atomic E-state index is 13.8. The summed E-state index contributed by atoms with van der Waals surface area (Å²) in [4.78, 5) is 4.81. The zero-order chi connectivity index (χ0) is 15.1. The minimum Gasteiger partial charge on any atom is -0.306 e. The first kappa shape index (κ1) is 14.0. The molecule has 112 valence electrons. The van der Waals surface area contributed by atoms with E-state index < -0.39 is 0 Å². The highest BCUT2D eigenvalue weighted by Gasteiger charge is 2.25. The second kappa shape index (κ2) is 5.56. The molecule has 0 atom stereocenters. The van der Waals surface area contributed by atoms with Gasteiger partial charge < -0.3 is 4.90 Å². The summed E-state index contributed by atoms with van der Waals surface area (Å²) in [5.74, 6) is -0.148. The van der Waals surface area contributed by atoms with Gasteiger partial charge in [0.2, 0.25) is 0 Å². The molecule has 2 aliphatic rings. The summed E-state index contributed by atoms with van der Waals surface area (Å²) in [6, 6.07) is 13.7. The number of halogens is 1. The average molecular weight is 311 g/mol. The number of nitrogens with zero attached hydrogens (tertiary/aromatic N) is 1. The summed E-state index contributed by atoms with van der Waals surface area (Å²) in [7, 11) is 2.17. The van der Waals surface area contributed by atoms with Crippen molar-refractivity contribution in [2.75, 3.05) is 20.1 Å². The highest BCUT2D eigenvalue weighted by atomic mass is 32.2. The van der Waals surface area contributed by atoms with Crippen LogP contribution >= 0.6 is 11.8 Å². The van der Waals surface area contributed by atoms with Crippen molar-refractivity contribution in [3.63, 3.8) is 0 Å². The Bertz CT molecular complexity index is 756. The van der Waals surface area contributed by atoms with Crippen LogP contribution in [0.4, 0.5) is 4.39 Å². The van der Waals surface area contributed by atoms with E-state index in [4.69, 9.17) is 0 Å². The fraction of sp³-hybridized carbons (Fsp3) is 0.263. The van der Waals surface area contributed by atoms with Crippen molar-refractivity contribution in [2.45, 2.75) is 22.6 Å². The third-order valence-electron chi connectivity index (χ3n) is 4.53. The molecule has 0 aromatic heterocycles. The molecule has 0 amide bonds. The van der Waals surface area contributed by atoms with Gasteiger partial charge in [0.1, 0.15) is 5.82 Å². The number of benzene rings is 2. The smallest absolute Gasteiger partial charge is 0.123 e. The molecule has 0 bridgehead atoms. The molecule has 0 radical (unpaired) electrons. The van der Waals surface area contributed by atoms with E-state index in [1.165, 1.54) is 26.5 Å². The fourth-order valence-corrected chi connectivity index (χ4v) is 4.40. The Morgan fingerprint density at radius 2 is 1.68 bits per heavy atom. The van der Waals surface area contributed by atoms with Crippen LogP contribution in [-0.2, 0) is 0 Å². The van der Waals surface area contributed by atoms with E-state index in [9.17, 15) is 4.39 Å². The lowest BCUT2D eigenvalue weighted by molar-refractivity contribution is 0.313. The van der Waals surface area contributed by atoms with Crippen LogP contribution in [0, 0.1) is 5.82 Å². The number of hydrogen-bond acceptors (Lipinski definition) is 2. The summed E-state index contributed by atoms with van der Waals surface area (Å²) < 4.78 is 13.8. The maximum atomic E-state index is 13.8. The number of likely N-dealkylation sites (tertiary alicyclic amines) is 1. The monoisotopic (exact) mass is 311 g/mol. The largest absolute Gasteiger partial charge is 0.306 e. The quantitative estimate of drug-likeness (QED) is 0.586. The molecule has 1 saturated heterocycles. The topological polar surface area (TPSA) is 3.24 Å². The minimum atomic E-state index is -0.148. The van der Waals surface area contributed by atoms with Crippen molar-refractivity contribution in [3.05, 3.63) is 65.0 Å².